The van der Waals surface area contributed by atoms with Gasteiger partial charge >= 0.3 is 5.97 Å². The second-order valence-corrected chi connectivity index (χ2v) is 5.84. The van der Waals surface area contributed by atoms with Gasteiger partial charge in [0.2, 0.25) is 0 Å². The number of hydrogen-bond acceptors (Lipinski definition) is 4. The smallest absolute Gasteiger partial charge is 0.323 e. The Labute approximate surface area is 126 Å². The molecular formula is C17H25NO3. The summed E-state index contributed by atoms with van der Waals surface area (Å²) in [6.45, 7) is 6.94. The van der Waals surface area contributed by atoms with Crippen molar-refractivity contribution in [3.05, 3.63) is 29.3 Å². The quantitative estimate of drug-likeness (QED) is 0.819. The normalized spacial score (nSPS) is 16.2. The van der Waals surface area contributed by atoms with Crippen molar-refractivity contribution in [3.63, 3.8) is 0 Å². The Morgan fingerprint density at radius 1 is 1.43 bits per heavy atom. The number of esters is 1. The van der Waals surface area contributed by atoms with E-state index in [2.05, 4.69) is 24.4 Å². The first-order valence-electron chi connectivity index (χ1n) is 7.66. The number of nitrogens with one attached hydrogen (secondary N) is 1. The van der Waals surface area contributed by atoms with Gasteiger partial charge in [-0.15, -0.1) is 0 Å². The van der Waals surface area contributed by atoms with Crippen molar-refractivity contribution >= 4 is 5.97 Å². The van der Waals surface area contributed by atoms with Crippen LogP contribution < -0.4 is 10.1 Å². The number of carbonyl (C=O) groups excluding carboxylic acids is 1. The van der Waals surface area contributed by atoms with E-state index in [4.69, 9.17) is 9.47 Å². The third-order valence-electron chi connectivity index (χ3n) is 4.03. The first-order valence-corrected chi connectivity index (χ1v) is 7.66. The van der Waals surface area contributed by atoms with Gasteiger partial charge in [-0.05, 0) is 29.5 Å². The minimum Gasteiger partial charge on any atom is -0.493 e. The van der Waals surface area contributed by atoms with Gasteiger partial charge in [0.1, 0.15) is 11.8 Å². The Balaban J connectivity index is 2.17. The number of rotatable bonds is 6. The Kier molecular flexibility index (Phi) is 5.23. The summed E-state index contributed by atoms with van der Waals surface area (Å²) >= 11 is 0. The molecule has 0 bridgehead atoms. The van der Waals surface area contributed by atoms with Crippen molar-refractivity contribution in [1.29, 1.82) is 0 Å². The van der Waals surface area contributed by atoms with Gasteiger partial charge in [0.15, 0.2) is 0 Å². The van der Waals surface area contributed by atoms with Crippen LogP contribution in [0.25, 0.3) is 0 Å². The molecule has 1 aliphatic rings. The monoisotopic (exact) mass is 291 g/mol. The molecule has 2 unspecified atom stereocenters. The van der Waals surface area contributed by atoms with Gasteiger partial charge in [0.05, 0.1) is 13.7 Å². The highest BCUT2D eigenvalue weighted by Crippen LogP contribution is 2.29. The predicted molar refractivity (Wildman–Crippen MR) is 82.5 cm³/mol. The van der Waals surface area contributed by atoms with Crippen molar-refractivity contribution < 1.29 is 14.3 Å². The maximum Gasteiger partial charge on any atom is 0.323 e. The Morgan fingerprint density at radius 3 is 2.81 bits per heavy atom. The van der Waals surface area contributed by atoms with Crippen LogP contribution in [0.4, 0.5) is 0 Å². The average molecular weight is 291 g/mol. The molecule has 0 aromatic heterocycles. The summed E-state index contributed by atoms with van der Waals surface area (Å²) in [5.74, 6) is 0.971. The fourth-order valence-corrected chi connectivity index (χ4v) is 2.75. The second kappa shape index (κ2) is 6.94. The predicted octanol–water partition coefficient (Wildman–Crippen LogP) is 2.86. The molecule has 0 aliphatic carbocycles. The van der Waals surface area contributed by atoms with Crippen LogP contribution in [0.2, 0.25) is 0 Å². The summed E-state index contributed by atoms with van der Waals surface area (Å²) in [7, 11) is 1.44. The molecule has 0 saturated heterocycles. The third kappa shape index (κ3) is 3.56. The molecule has 21 heavy (non-hydrogen) atoms. The number of carbonyl (C=O) groups is 1. The van der Waals surface area contributed by atoms with Gasteiger partial charge in [-0.25, -0.2) is 0 Å². The number of methoxy groups -OCH3 is 1. The maximum atomic E-state index is 11.9. The molecule has 0 fully saturated rings. The van der Waals surface area contributed by atoms with Crippen LogP contribution in [0, 0.1) is 5.92 Å². The lowest BCUT2D eigenvalue weighted by atomic mass is 9.97. The van der Waals surface area contributed by atoms with Crippen molar-refractivity contribution in [2.45, 2.75) is 45.7 Å². The van der Waals surface area contributed by atoms with Crippen LogP contribution in [0.5, 0.6) is 5.75 Å². The summed E-state index contributed by atoms with van der Waals surface area (Å²) in [5, 5.41) is 3.45. The summed E-state index contributed by atoms with van der Waals surface area (Å²) < 4.78 is 10.5. The third-order valence-corrected chi connectivity index (χ3v) is 4.03. The molecule has 0 spiro atoms. The van der Waals surface area contributed by atoms with E-state index in [1.165, 1.54) is 18.2 Å². The molecule has 1 heterocycles. The molecule has 2 rings (SSSR count). The molecule has 1 aromatic rings. The molecule has 1 aromatic carbocycles. The molecule has 4 nitrogen and oxygen atoms in total. The maximum absolute atomic E-state index is 11.9. The van der Waals surface area contributed by atoms with Crippen LogP contribution >= 0.6 is 0 Å². The van der Waals surface area contributed by atoms with Crippen LogP contribution in [0.3, 0.4) is 0 Å². The summed E-state index contributed by atoms with van der Waals surface area (Å²) in [6, 6.07) is 6.16. The van der Waals surface area contributed by atoms with Crippen molar-refractivity contribution in [3.8, 4) is 5.75 Å². The standard InChI is InChI=1S/C17H25NO3/c1-5-14(18-16(11(2)3)17(19)20-4)12-6-7-15-13(10-12)8-9-21-15/h6-7,10-11,14,16,18H,5,8-9H2,1-4H3. The van der Waals surface area contributed by atoms with Crippen LogP contribution in [-0.4, -0.2) is 25.7 Å². The minimum atomic E-state index is -0.288. The molecule has 2 atom stereocenters. The van der Waals surface area contributed by atoms with E-state index in [1.807, 2.05) is 19.9 Å². The fourth-order valence-electron chi connectivity index (χ4n) is 2.75. The van der Waals surface area contributed by atoms with E-state index in [-0.39, 0.29) is 24.0 Å². The van der Waals surface area contributed by atoms with E-state index < -0.39 is 0 Å². The highest BCUT2D eigenvalue weighted by Gasteiger charge is 2.26. The lowest BCUT2D eigenvalue weighted by Crippen LogP contribution is -2.43. The average Bonchev–Trinajstić information content (AvgIpc) is 2.94. The number of hydrogen-bond donors (Lipinski definition) is 1. The summed E-state index contributed by atoms with van der Waals surface area (Å²) in [5.41, 5.74) is 2.46. The lowest BCUT2D eigenvalue weighted by molar-refractivity contribution is -0.144. The Hall–Kier alpha value is -1.55. The van der Waals surface area contributed by atoms with Gasteiger partial charge in [0, 0.05) is 12.5 Å². The van der Waals surface area contributed by atoms with Crippen molar-refractivity contribution in [1.82, 2.24) is 5.32 Å². The van der Waals surface area contributed by atoms with Crippen molar-refractivity contribution in [2.24, 2.45) is 5.92 Å². The highest BCUT2D eigenvalue weighted by atomic mass is 16.5. The molecule has 0 radical (unpaired) electrons. The second-order valence-electron chi connectivity index (χ2n) is 5.84. The van der Waals surface area contributed by atoms with E-state index in [1.54, 1.807) is 0 Å². The zero-order valence-corrected chi connectivity index (χ0v) is 13.3. The first kappa shape index (κ1) is 15.8. The molecule has 116 valence electrons. The molecule has 0 saturated carbocycles. The van der Waals surface area contributed by atoms with E-state index in [0.29, 0.717) is 0 Å². The van der Waals surface area contributed by atoms with Gasteiger partial charge in [-0.3, -0.25) is 10.1 Å². The lowest BCUT2D eigenvalue weighted by Gasteiger charge is -2.26. The molecule has 1 N–H and O–H groups in total. The summed E-state index contributed by atoms with van der Waals surface area (Å²) in [6.07, 6.45) is 1.88. The van der Waals surface area contributed by atoms with E-state index in [9.17, 15) is 4.79 Å². The van der Waals surface area contributed by atoms with Crippen LogP contribution in [0.15, 0.2) is 18.2 Å². The van der Waals surface area contributed by atoms with Crippen molar-refractivity contribution in [2.75, 3.05) is 13.7 Å². The SMILES string of the molecule is CCC(NC(C(=O)OC)C(C)C)c1ccc2c(c1)CCO2. The number of ether oxygens (including phenoxy) is 2. The number of benzene rings is 1. The fraction of sp³-hybridized carbons (Fsp3) is 0.588. The zero-order valence-electron chi connectivity index (χ0n) is 13.3. The van der Waals surface area contributed by atoms with Gasteiger partial charge in [-0.2, -0.15) is 0 Å². The zero-order chi connectivity index (χ0) is 15.4. The molecule has 0 amide bonds. The largest absolute Gasteiger partial charge is 0.493 e. The number of fused-ring (bicyclic) bond motifs is 1. The minimum absolute atomic E-state index is 0.141. The van der Waals surface area contributed by atoms with Gasteiger partial charge in [-0.1, -0.05) is 32.9 Å². The first-order chi connectivity index (χ1) is 10.1. The van der Waals surface area contributed by atoms with Gasteiger partial charge < -0.3 is 9.47 Å². The topological polar surface area (TPSA) is 47.6 Å². The highest BCUT2D eigenvalue weighted by molar-refractivity contribution is 5.76. The Morgan fingerprint density at radius 2 is 2.19 bits per heavy atom. The van der Waals surface area contributed by atoms with Crippen LogP contribution in [0.1, 0.15) is 44.4 Å². The Bertz CT molecular complexity index is 499. The van der Waals surface area contributed by atoms with Crippen LogP contribution in [-0.2, 0) is 16.0 Å². The molecular weight excluding hydrogens is 266 g/mol. The molecule has 1 aliphatic heterocycles. The van der Waals surface area contributed by atoms with E-state index in [0.717, 1.165) is 25.2 Å². The molecule has 4 heteroatoms. The van der Waals surface area contributed by atoms with E-state index >= 15 is 0 Å². The summed E-state index contributed by atoms with van der Waals surface area (Å²) in [4.78, 5) is 11.9. The van der Waals surface area contributed by atoms with Gasteiger partial charge in [0.25, 0.3) is 0 Å².